The Kier molecular flexibility index (Phi) is 5.52. The van der Waals surface area contributed by atoms with Crippen LogP contribution in [0.5, 0.6) is 17.2 Å². The summed E-state index contributed by atoms with van der Waals surface area (Å²) in [5, 5.41) is 28.1. The van der Waals surface area contributed by atoms with E-state index in [-0.39, 0.29) is 23.1 Å². The van der Waals surface area contributed by atoms with Gasteiger partial charge in [0.15, 0.2) is 11.6 Å². The quantitative estimate of drug-likeness (QED) is 0.309. The van der Waals surface area contributed by atoms with E-state index in [1.54, 1.807) is 30.3 Å². The van der Waals surface area contributed by atoms with Gasteiger partial charge in [-0.2, -0.15) is 0 Å². The van der Waals surface area contributed by atoms with Gasteiger partial charge in [-0.1, -0.05) is 0 Å². The largest absolute Gasteiger partial charge is 0.508 e. The molecule has 3 aromatic rings. The highest BCUT2D eigenvalue weighted by atomic mass is 16.3. The molecule has 0 aliphatic rings. The first-order valence-electron chi connectivity index (χ1n) is 7.41. The predicted molar refractivity (Wildman–Crippen MR) is 98.2 cm³/mol. The van der Waals surface area contributed by atoms with Crippen molar-refractivity contribution in [2.45, 2.75) is 6.42 Å². The number of hydrogen-bond acceptors (Lipinski definition) is 7. The van der Waals surface area contributed by atoms with Crippen LogP contribution in [0.25, 0.3) is 0 Å². The molecule has 0 atom stereocenters. The SMILES string of the molecule is Nc1ccc(O)c(Cc2cc(N)ccc2O)c1.Nc1ncccc1O. The summed E-state index contributed by atoms with van der Waals surface area (Å²) in [6.07, 6.45) is 1.91. The zero-order valence-electron chi connectivity index (χ0n) is 13.4. The number of hydrogen-bond donors (Lipinski definition) is 6. The summed E-state index contributed by atoms with van der Waals surface area (Å²) in [6, 6.07) is 12.8. The molecule has 9 N–H and O–H groups in total. The van der Waals surface area contributed by atoms with Crippen LogP contribution in [0.4, 0.5) is 17.2 Å². The van der Waals surface area contributed by atoms with Gasteiger partial charge in [0.1, 0.15) is 11.5 Å². The molecular formula is C18H20N4O3. The van der Waals surface area contributed by atoms with Crippen LogP contribution in [0.2, 0.25) is 0 Å². The lowest BCUT2D eigenvalue weighted by atomic mass is 10.0. The fourth-order valence-electron chi connectivity index (χ4n) is 2.11. The highest BCUT2D eigenvalue weighted by Crippen LogP contribution is 2.27. The van der Waals surface area contributed by atoms with Gasteiger partial charge >= 0.3 is 0 Å². The maximum Gasteiger partial charge on any atom is 0.165 e. The summed E-state index contributed by atoms with van der Waals surface area (Å²) in [5.74, 6) is 0.516. The van der Waals surface area contributed by atoms with E-state index in [9.17, 15) is 10.2 Å². The molecule has 1 heterocycles. The Morgan fingerprint density at radius 3 is 1.64 bits per heavy atom. The lowest BCUT2D eigenvalue weighted by Crippen LogP contribution is -1.94. The van der Waals surface area contributed by atoms with Gasteiger partial charge in [0.2, 0.25) is 0 Å². The molecule has 0 saturated carbocycles. The Morgan fingerprint density at radius 1 is 0.720 bits per heavy atom. The second kappa shape index (κ2) is 7.78. The number of pyridine rings is 1. The van der Waals surface area contributed by atoms with Crippen LogP contribution in [0.3, 0.4) is 0 Å². The van der Waals surface area contributed by atoms with Crippen LogP contribution in [0.15, 0.2) is 54.7 Å². The number of nitrogens with zero attached hydrogens (tertiary/aromatic N) is 1. The first-order chi connectivity index (χ1) is 11.9. The topological polar surface area (TPSA) is 152 Å². The summed E-state index contributed by atoms with van der Waals surface area (Å²) in [7, 11) is 0. The van der Waals surface area contributed by atoms with E-state index in [0.717, 1.165) is 0 Å². The van der Waals surface area contributed by atoms with Crippen LogP contribution >= 0.6 is 0 Å². The molecule has 0 aliphatic heterocycles. The number of nitrogens with two attached hydrogens (primary N) is 3. The van der Waals surface area contributed by atoms with Crippen molar-refractivity contribution in [1.82, 2.24) is 4.98 Å². The summed E-state index contributed by atoms with van der Waals surface area (Å²) >= 11 is 0. The number of nitrogen functional groups attached to an aromatic ring is 3. The molecule has 0 radical (unpaired) electrons. The molecule has 7 nitrogen and oxygen atoms in total. The molecular weight excluding hydrogens is 320 g/mol. The highest BCUT2D eigenvalue weighted by Gasteiger charge is 2.07. The highest BCUT2D eigenvalue weighted by molar-refractivity contribution is 5.53. The van der Waals surface area contributed by atoms with Crippen molar-refractivity contribution in [3.05, 3.63) is 65.9 Å². The fourth-order valence-corrected chi connectivity index (χ4v) is 2.11. The molecule has 0 bridgehead atoms. The molecule has 0 spiro atoms. The minimum atomic E-state index is 0.0347. The van der Waals surface area contributed by atoms with Crippen molar-refractivity contribution in [2.24, 2.45) is 0 Å². The van der Waals surface area contributed by atoms with E-state index in [4.69, 9.17) is 22.3 Å². The van der Waals surface area contributed by atoms with Crippen molar-refractivity contribution in [1.29, 1.82) is 0 Å². The molecule has 0 amide bonds. The third-order valence-corrected chi connectivity index (χ3v) is 3.40. The van der Waals surface area contributed by atoms with Crippen LogP contribution in [-0.4, -0.2) is 20.3 Å². The Balaban J connectivity index is 0.000000236. The zero-order valence-corrected chi connectivity index (χ0v) is 13.4. The van der Waals surface area contributed by atoms with Crippen molar-refractivity contribution in [3.63, 3.8) is 0 Å². The Hall–Kier alpha value is -3.61. The summed E-state index contributed by atoms with van der Waals surface area (Å²) in [5.41, 5.74) is 18.9. The lowest BCUT2D eigenvalue weighted by molar-refractivity contribution is 0.463. The van der Waals surface area contributed by atoms with E-state index in [2.05, 4.69) is 4.98 Å². The molecule has 25 heavy (non-hydrogen) atoms. The third kappa shape index (κ3) is 4.93. The number of anilines is 3. The minimum Gasteiger partial charge on any atom is -0.508 e. The number of rotatable bonds is 2. The predicted octanol–water partition coefficient (Wildman–Crippen LogP) is 2.22. The maximum atomic E-state index is 9.69. The van der Waals surface area contributed by atoms with E-state index in [1.807, 2.05) is 0 Å². The fraction of sp³-hybridized carbons (Fsp3) is 0.0556. The molecule has 0 saturated heterocycles. The summed E-state index contributed by atoms with van der Waals surface area (Å²) < 4.78 is 0. The van der Waals surface area contributed by atoms with Crippen LogP contribution in [0, 0.1) is 0 Å². The van der Waals surface area contributed by atoms with Gasteiger partial charge in [-0.3, -0.25) is 0 Å². The number of benzene rings is 2. The summed E-state index contributed by atoms with van der Waals surface area (Å²) in [6.45, 7) is 0. The van der Waals surface area contributed by atoms with Crippen molar-refractivity contribution in [2.75, 3.05) is 17.2 Å². The number of phenols is 2. The van der Waals surface area contributed by atoms with Crippen molar-refractivity contribution in [3.8, 4) is 17.2 Å². The third-order valence-electron chi connectivity index (χ3n) is 3.40. The maximum absolute atomic E-state index is 9.69. The normalized spacial score (nSPS) is 9.92. The standard InChI is InChI=1S/C13H14N2O2.C5H6N2O/c14-10-1-3-12(16)8(6-10)5-9-7-11(15)2-4-13(9)17;6-5-4(8)2-1-3-7-5/h1-4,6-7,16-17H,5,14-15H2;1-3,8H,(H2,6,7). The first-order valence-corrected chi connectivity index (χ1v) is 7.41. The Morgan fingerprint density at radius 2 is 1.24 bits per heavy atom. The van der Waals surface area contributed by atoms with Gasteiger partial charge < -0.3 is 32.5 Å². The first kappa shape index (κ1) is 17.7. The van der Waals surface area contributed by atoms with E-state index < -0.39 is 0 Å². The van der Waals surface area contributed by atoms with E-state index in [1.165, 1.54) is 24.4 Å². The van der Waals surface area contributed by atoms with Crippen LogP contribution in [0.1, 0.15) is 11.1 Å². The average Bonchev–Trinajstić information content (AvgIpc) is 2.58. The van der Waals surface area contributed by atoms with Crippen molar-refractivity contribution >= 4 is 17.2 Å². The number of aromatic hydroxyl groups is 3. The van der Waals surface area contributed by atoms with Gasteiger partial charge in [0, 0.05) is 35.1 Å². The smallest absolute Gasteiger partial charge is 0.165 e. The molecule has 1 aromatic heterocycles. The van der Waals surface area contributed by atoms with Gasteiger partial charge in [0.05, 0.1) is 0 Å². The number of phenolic OH excluding ortho intramolecular Hbond substituents is 2. The van der Waals surface area contributed by atoms with Crippen molar-refractivity contribution < 1.29 is 15.3 Å². The molecule has 2 aromatic carbocycles. The molecule has 0 unspecified atom stereocenters. The minimum absolute atomic E-state index is 0.0347. The Bertz CT molecular complexity index is 798. The molecule has 3 rings (SSSR count). The Labute approximate surface area is 145 Å². The molecule has 0 fully saturated rings. The zero-order chi connectivity index (χ0) is 18.4. The van der Waals surface area contributed by atoms with Gasteiger partial charge in [0.25, 0.3) is 0 Å². The monoisotopic (exact) mass is 340 g/mol. The van der Waals surface area contributed by atoms with Gasteiger partial charge in [-0.25, -0.2) is 4.98 Å². The average molecular weight is 340 g/mol. The second-order valence-corrected chi connectivity index (χ2v) is 5.36. The van der Waals surface area contributed by atoms with Crippen LogP contribution in [-0.2, 0) is 6.42 Å². The van der Waals surface area contributed by atoms with E-state index in [0.29, 0.717) is 28.9 Å². The lowest BCUT2D eigenvalue weighted by Gasteiger charge is -2.08. The van der Waals surface area contributed by atoms with Gasteiger partial charge in [-0.05, 0) is 48.5 Å². The van der Waals surface area contributed by atoms with Crippen LogP contribution < -0.4 is 17.2 Å². The van der Waals surface area contributed by atoms with E-state index >= 15 is 0 Å². The summed E-state index contributed by atoms with van der Waals surface area (Å²) in [4.78, 5) is 3.61. The molecule has 130 valence electrons. The molecule has 7 heteroatoms. The second-order valence-electron chi connectivity index (χ2n) is 5.36. The number of aromatic nitrogens is 1. The molecule has 0 aliphatic carbocycles. The van der Waals surface area contributed by atoms with Gasteiger partial charge in [-0.15, -0.1) is 0 Å².